The summed E-state index contributed by atoms with van der Waals surface area (Å²) in [4.78, 5) is 28.9. The molecule has 190 valence electrons. The number of anilines is 1. The predicted molar refractivity (Wildman–Crippen MR) is 131 cm³/mol. The molecular formula is C25H30FN7O3. The summed E-state index contributed by atoms with van der Waals surface area (Å²) in [5.41, 5.74) is 8.08. The normalized spacial score (nSPS) is 19.4. The van der Waals surface area contributed by atoms with Crippen molar-refractivity contribution in [3.05, 3.63) is 41.6 Å². The SMILES string of the molecule is NCCOc1ccc2ncc(F)c(CCC3CCC(NCc4cnc5c(n4)NC(=O)CO5)CC3)c2n1. The number of hydrogen-bond acceptors (Lipinski definition) is 9. The van der Waals surface area contributed by atoms with E-state index in [1.807, 2.05) is 6.07 Å². The summed E-state index contributed by atoms with van der Waals surface area (Å²) in [5.74, 6) is 1.14. The molecule has 0 atom stereocenters. The van der Waals surface area contributed by atoms with Crippen molar-refractivity contribution in [1.29, 1.82) is 0 Å². The predicted octanol–water partition coefficient (Wildman–Crippen LogP) is 2.51. The third kappa shape index (κ3) is 5.68. The molecule has 5 rings (SSSR count). The van der Waals surface area contributed by atoms with Gasteiger partial charge in [0.15, 0.2) is 12.4 Å². The lowest BCUT2D eigenvalue weighted by molar-refractivity contribution is -0.118. The number of aromatic nitrogens is 4. The number of aryl methyl sites for hydroxylation is 1. The van der Waals surface area contributed by atoms with Gasteiger partial charge in [-0.1, -0.05) is 0 Å². The molecule has 3 aromatic rings. The number of hydrogen-bond donors (Lipinski definition) is 3. The largest absolute Gasteiger partial charge is 0.476 e. The van der Waals surface area contributed by atoms with Crippen molar-refractivity contribution >= 4 is 22.8 Å². The maximum Gasteiger partial charge on any atom is 0.263 e. The fourth-order valence-electron chi connectivity index (χ4n) is 4.80. The molecule has 4 heterocycles. The van der Waals surface area contributed by atoms with Crippen molar-refractivity contribution in [1.82, 2.24) is 25.3 Å². The van der Waals surface area contributed by atoms with Crippen molar-refractivity contribution < 1.29 is 18.7 Å². The van der Waals surface area contributed by atoms with Crippen LogP contribution in [0.3, 0.4) is 0 Å². The van der Waals surface area contributed by atoms with E-state index in [0.29, 0.717) is 72.3 Å². The Labute approximate surface area is 208 Å². The lowest BCUT2D eigenvalue weighted by Gasteiger charge is -2.29. The number of pyridine rings is 2. The number of rotatable bonds is 9. The Morgan fingerprint density at radius 3 is 2.86 bits per heavy atom. The third-order valence-electron chi connectivity index (χ3n) is 6.72. The van der Waals surface area contributed by atoms with Gasteiger partial charge in [-0.25, -0.2) is 19.3 Å². The zero-order valence-electron chi connectivity index (χ0n) is 20.0. The van der Waals surface area contributed by atoms with Gasteiger partial charge in [-0.2, -0.15) is 0 Å². The lowest BCUT2D eigenvalue weighted by atomic mass is 9.82. The van der Waals surface area contributed by atoms with Crippen LogP contribution in [0.2, 0.25) is 0 Å². The molecule has 0 radical (unpaired) electrons. The van der Waals surface area contributed by atoms with Crippen LogP contribution in [0.25, 0.3) is 11.0 Å². The van der Waals surface area contributed by atoms with Gasteiger partial charge in [-0.3, -0.25) is 9.78 Å². The molecule has 10 nitrogen and oxygen atoms in total. The van der Waals surface area contributed by atoms with Gasteiger partial charge >= 0.3 is 0 Å². The Bertz CT molecular complexity index is 1230. The monoisotopic (exact) mass is 495 g/mol. The molecule has 0 bridgehead atoms. The summed E-state index contributed by atoms with van der Waals surface area (Å²) in [6.45, 7) is 1.28. The van der Waals surface area contributed by atoms with Crippen LogP contribution < -0.4 is 25.8 Å². The first-order valence-corrected chi connectivity index (χ1v) is 12.4. The van der Waals surface area contributed by atoms with Crippen molar-refractivity contribution in [3.8, 4) is 11.8 Å². The summed E-state index contributed by atoms with van der Waals surface area (Å²) in [6.07, 6.45) is 8.68. The highest BCUT2D eigenvalue weighted by Gasteiger charge is 2.23. The molecule has 11 heteroatoms. The Hall–Kier alpha value is -3.44. The smallest absolute Gasteiger partial charge is 0.263 e. The zero-order valence-corrected chi connectivity index (χ0v) is 20.0. The van der Waals surface area contributed by atoms with E-state index >= 15 is 0 Å². The highest BCUT2D eigenvalue weighted by Crippen LogP contribution is 2.30. The minimum atomic E-state index is -0.325. The number of amides is 1. The van der Waals surface area contributed by atoms with Crippen LogP contribution in [0, 0.1) is 11.7 Å². The fourth-order valence-corrected chi connectivity index (χ4v) is 4.80. The minimum absolute atomic E-state index is 0.0344. The first-order valence-electron chi connectivity index (χ1n) is 12.4. The number of nitrogens with one attached hydrogen (secondary N) is 2. The van der Waals surface area contributed by atoms with Crippen LogP contribution in [0.5, 0.6) is 11.8 Å². The van der Waals surface area contributed by atoms with Crippen molar-refractivity contribution in [3.63, 3.8) is 0 Å². The lowest BCUT2D eigenvalue weighted by Crippen LogP contribution is -2.33. The molecule has 1 aliphatic carbocycles. The van der Waals surface area contributed by atoms with Crippen molar-refractivity contribution in [2.75, 3.05) is 25.1 Å². The Kier molecular flexibility index (Phi) is 7.47. The maximum absolute atomic E-state index is 14.7. The van der Waals surface area contributed by atoms with E-state index in [9.17, 15) is 9.18 Å². The second-order valence-corrected chi connectivity index (χ2v) is 9.23. The molecule has 0 aromatic carbocycles. The van der Waals surface area contributed by atoms with Gasteiger partial charge < -0.3 is 25.8 Å². The van der Waals surface area contributed by atoms with Crippen LogP contribution in [0.4, 0.5) is 10.2 Å². The van der Waals surface area contributed by atoms with Gasteiger partial charge in [-0.05, 0) is 50.5 Å². The van der Waals surface area contributed by atoms with E-state index in [4.69, 9.17) is 15.2 Å². The first kappa shape index (κ1) is 24.3. The molecule has 1 aliphatic heterocycles. The molecule has 2 aliphatic rings. The van der Waals surface area contributed by atoms with Gasteiger partial charge in [0.2, 0.25) is 5.88 Å². The van der Waals surface area contributed by atoms with E-state index < -0.39 is 0 Å². The number of nitrogens with two attached hydrogens (primary N) is 1. The molecule has 0 spiro atoms. The average Bonchev–Trinajstić information content (AvgIpc) is 2.90. The third-order valence-corrected chi connectivity index (χ3v) is 6.72. The number of fused-ring (bicyclic) bond motifs is 2. The van der Waals surface area contributed by atoms with E-state index in [1.54, 1.807) is 12.3 Å². The summed E-state index contributed by atoms with van der Waals surface area (Å²) in [6, 6.07) is 3.93. The zero-order chi connectivity index (χ0) is 24.9. The maximum atomic E-state index is 14.7. The summed E-state index contributed by atoms with van der Waals surface area (Å²) in [7, 11) is 0. The van der Waals surface area contributed by atoms with Crippen molar-refractivity contribution in [2.24, 2.45) is 11.7 Å². The number of nitrogens with zero attached hydrogens (tertiary/aromatic N) is 4. The van der Waals surface area contributed by atoms with Gasteiger partial charge in [-0.15, -0.1) is 0 Å². The van der Waals surface area contributed by atoms with Gasteiger partial charge in [0.25, 0.3) is 11.8 Å². The average molecular weight is 496 g/mol. The number of ether oxygens (including phenoxy) is 2. The quantitative estimate of drug-likeness (QED) is 0.409. The second-order valence-electron chi connectivity index (χ2n) is 9.23. The first-order chi connectivity index (χ1) is 17.6. The summed E-state index contributed by atoms with van der Waals surface area (Å²) >= 11 is 0. The van der Waals surface area contributed by atoms with Gasteiger partial charge in [0.1, 0.15) is 12.4 Å². The van der Waals surface area contributed by atoms with Gasteiger partial charge in [0, 0.05) is 30.8 Å². The molecule has 1 fully saturated rings. The Morgan fingerprint density at radius 1 is 1.17 bits per heavy atom. The van der Waals surface area contributed by atoms with Crippen molar-refractivity contribution in [2.45, 2.75) is 51.1 Å². The summed E-state index contributed by atoms with van der Waals surface area (Å²) in [5, 5.41) is 6.24. The number of halogens is 1. The van der Waals surface area contributed by atoms with Gasteiger partial charge in [0.05, 0.1) is 29.1 Å². The van der Waals surface area contributed by atoms with E-state index in [2.05, 4.69) is 30.6 Å². The highest BCUT2D eigenvalue weighted by atomic mass is 19.1. The topological polar surface area (TPSA) is 137 Å². The molecule has 36 heavy (non-hydrogen) atoms. The molecule has 0 saturated heterocycles. The van der Waals surface area contributed by atoms with Crippen LogP contribution in [0.1, 0.15) is 43.4 Å². The van der Waals surface area contributed by atoms with Crippen LogP contribution in [0.15, 0.2) is 24.5 Å². The Balaban J connectivity index is 1.13. The summed E-state index contributed by atoms with van der Waals surface area (Å²) < 4.78 is 25.5. The molecule has 1 amide bonds. The van der Waals surface area contributed by atoms with E-state index in [-0.39, 0.29) is 18.3 Å². The van der Waals surface area contributed by atoms with Crippen LogP contribution >= 0.6 is 0 Å². The highest BCUT2D eigenvalue weighted by molar-refractivity contribution is 5.93. The minimum Gasteiger partial charge on any atom is -0.476 e. The molecule has 4 N–H and O–H groups in total. The standard InChI is InChI=1S/C25H30FN7O3/c26-19-13-29-20-7-8-22(35-10-9-27)33-23(20)18(19)6-3-15-1-4-16(5-2-15)28-11-17-12-30-25-24(31-17)32-21(34)14-36-25/h7-8,12-13,15-16,28H,1-6,9-11,14,27H2,(H,31,32,34). The number of carbonyl (C=O) groups is 1. The van der Waals surface area contributed by atoms with Crippen LogP contribution in [-0.2, 0) is 17.8 Å². The number of carbonyl (C=O) groups excluding carboxylic acids is 1. The fraction of sp³-hybridized carbons (Fsp3) is 0.480. The van der Waals surface area contributed by atoms with E-state index in [1.165, 1.54) is 6.20 Å². The molecular weight excluding hydrogens is 465 g/mol. The van der Waals surface area contributed by atoms with Crippen LogP contribution in [-0.4, -0.2) is 51.6 Å². The Morgan fingerprint density at radius 2 is 2.03 bits per heavy atom. The molecule has 3 aromatic heterocycles. The second kappa shape index (κ2) is 11.1. The molecule has 1 saturated carbocycles. The molecule has 0 unspecified atom stereocenters. The van der Waals surface area contributed by atoms with E-state index in [0.717, 1.165) is 37.8 Å².